The molecule has 2 heterocycles. The van der Waals surface area contributed by atoms with E-state index in [9.17, 15) is 14.0 Å². The van der Waals surface area contributed by atoms with E-state index in [-0.39, 0.29) is 17.3 Å². The molecule has 1 aromatic carbocycles. The normalized spacial score (nSPS) is 14.9. The Hall–Kier alpha value is -2.67. The number of rotatable bonds is 7. The topological polar surface area (TPSA) is 57.6 Å². The zero-order valence-electron chi connectivity index (χ0n) is 15.3. The molecule has 2 aromatic rings. The average molecular weight is 372 g/mol. The van der Waals surface area contributed by atoms with Crippen molar-refractivity contribution in [3.63, 3.8) is 0 Å². The van der Waals surface area contributed by atoms with Crippen LogP contribution in [-0.4, -0.2) is 54.6 Å². The van der Waals surface area contributed by atoms with Crippen LogP contribution in [0.15, 0.2) is 53.5 Å². The van der Waals surface area contributed by atoms with Gasteiger partial charge in [-0.15, -0.1) is 0 Å². The minimum atomic E-state index is -0.217. The van der Waals surface area contributed by atoms with Crippen LogP contribution >= 0.6 is 0 Å². The number of hydrogen-bond acceptors (Lipinski definition) is 4. The van der Waals surface area contributed by atoms with Gasteiger partial charge in [0.25, 0.3) is 5.56 Å². The van der Waals surface area contributed by atoms with E-state index in [4.69, 9.17) is 0 Å². The standard InChI is InChI=1S/C20H25FN4O2/c21-17-4-6-18(7-5-17)24-15-13-23(14-16-24)12-9-22-19(26)8-11-25-10-2-1-3-20(25)27/h1-7,10H,8-9,11-16H2,(H,22,26). The summed E-state index contributed by atoms with van der Waals surface area (Å²) in [6.07, 6.45) is 1.98. The Morgan fingerprint density at radius 3 is 2.44 bits per heavy atom. The summed E-state index contributed by atoms with van der Waals surface area (Å²) in [5, 5.41) is 2.92. The van der Waals surface area contributed by atoms with Crippen molar-refractivity contribution < 1.29 is 9.18 Å². The third kappa shape index (κ3) is 5.65. The Morgan fingerprint density at radius 1 is 1.00 bits per heavy atom. The fourth-order valence-electron chi connectivity index (χ4n) is 3.19. The van der Waals surface area contributed by atoms with Crippen LogP contribution in [0.2, 0.25) is 0 Å². The van der Waals surface area contributed by atoms with Crippen LogP contribution < -0.4 is 15.8 Å². The average Bonchev–Trinajstić information content (AvgIpc) is 2.69. The van der Waals surface area contributed by atoms with E-state index >= 15 is 0 Å². The predicted molar refractivity (Wildman–Crippen MR) is 103 cm³/mol. The van der Waals surface area contributed by atoms with Crippen LogP contribution in [0.3, 0.4) is 0 Å². The first kappa shape index (κ1) is 19.1. The van der Waals surface area contributed by atoms with Crippen LogP contribution in [0, 0.1) is 5.82 Å². The SMILES string of the molecule is O=C(CCn1ccccc1=O)NCCN1CCN(c2ccc(F)cc2)CC1. The smallest absolute Gasteiger partial charge is 0.250 e. The van der Waals surface area contributed by atoms with Gasteiger partial charge in [0.2, 0.25) is 5.91 Å². The molecular formula is C20H25FN4O2. The van der Waals surface area contributed by atoms with Crippen LogP contribution in [0.5, 0.6) is 0 Å². The fourth-order valence-corrected chi connectivity index (χ4v) is 3.19. The Balaban J connectivity index is 1.33. The van der Waals surface area contributed by atoms with Crippen molar-refractivity contribution in [1.29, 1.82) is 0 Å². The number of halogens is 1. The van der Waals surface area contributed by atoms with Gasteiger partial charge in [-0.1, -0.05) is 6.07 Å². The summed E-state index contributed by atoms with van der Waals surface area (Å²) in [7, 11) is 0. The summed E-state index contributed by atoms with van der Waals surface area (Å²) >= 11 is 0. The molecule has 1 aromatic heterocycles. The molecule has 0 spiro atoms. The van der Waals surface area contributed by atoms with Crippen LogP contribution in [0.25, 0.3) is 0 Å². The molecular weight excluding hydrogens is 347 g/mol. The lowest BCUT2D eigenvalue weighted by Crippen LogP contribution is -2.48. The van der Waals surface area contributed by atoms with E-state index in [1.54, 1.807) is 18.3 Å². The molecule has 1 aliphatic heterocycles. The Morgan fingerprint density at radius 2 is 1.74 bits per heavy atom. The minimum Gasteiger partial charge on any atom is -0.369 e. The summed E-state index contributed by atoms with van der Waals surface area (Å²) in [5.41, 5.74) is 0.949. The number of hydrogen-bond donors (Lipinski definition) is 1. The van der Waals surface area contributed by atoms with Gasteiger partial charge < -0.3 is 14.8 Å². The third-order valence-corrected chi connectivity index (χ3v) is 4.79. The highest BCUT2D eigenvalue weighted by molar-refractivity contribution is 5.75. The first-order valence-electron chi connectivity index (χ1n) is 9.27. The third-order valence-electron chi connectivity index (χ3n) is 4.79. The molecule has 1 saturated heterocycles. The van der Waals surface area contributed by atoms with Crippen molar-refractivity contribution in [3.8, 4) is 0 Å². The second-order valence-electron chi connectivity index (χ2n) is 6.64. The number of pyridine rings is 1. The van der Waals surface area contributed by atoms with Crippen LogP contribution in [-0.2, 0) is 11.3 Å². The van der Waals surface area contributed by atoms with Crippen molar-refractivity contribution in [2.45, 2.75) is 13.0 Å². The van der Waals surface area contributed by atoms with Gasteiger partial charge in [-0.2, -0.15) is 0 Å². The molecule has 0 saturated carbocycles. The van der Waals surface area contributed by atoms with E-state index in [0.29, 0.717) is 19.5 Å². The van der Waals surface area contributed by atoms with Crippen molar-refractivity contribution in [1.82, 2.24) is 14.8 Å². The predicted octanol–water partition coefficient (Wildman–Crippen LogP) is 1.32. The van der Waals surface area contributed by atoms with Gasteiger partial charge in [-0.3, -0.25) is 14.5 Å². The Labute approximate surface area is 158 Å². The minimum absolute atomic E-state index is 0.0456. The second kappa shape index (κ2) is 9.32. The Bertz CT molecular complexity index is 798. The maximum Gasteiger partial charge on any atom is 0.250 e. The van der Waals surface area contributed by atoms with E-state index in [1.165, 1.54) is 22.8 Å². The van der Waals surface area contributed by atoms with Crippen molar-refractivity contribution in [2.75, 3.05) is 44.2 Å². The highest BCUT2D eigenvalue weighted by Crippen LogP contribution is 2.16. The lowest BCUT2D eigenvalue weighted by molar-refractivity contribution is -0.121. The molecule has 0 atom stereocenters. The highest BCUT2D eigenvalue weighted by Gasteiger charge is 2.17. The number of aryl methyl sites for hydroxylation is 1. The molecule has 0 unspecified atom stereocenters. The van der Waals surface area contributed by atoms with Gasteiger partial charge in [-0.05, 0) is 30.3 Å². The molecule has 7 heteroatoms. The van der Waals surface area contributed by atoms with Crippen molar-refractivity contribution in [3.05, 3.63) is 64.8 Å². The quantitative estimate of drug-likeness (QED) is 0.796. The molecule has 6 nitrogen and oxygen atoms in total. The van der Waals surface area contributed by atoms with Gasteiger partial charge in [-0.25, -0.2) is 4.39 Å². The highest BCUT2D eigenvalue weighted by atomic mass is 19.1. The van der Waals surface area contributed by atoms with Gasteiger partial charge >= 0.3 is 0 Å². The van der Waals surface area contributed by atoms with E-state index in [1.807, 2.05) is 12.1 Å². The Kier molecular flexibility index (Phi) is 6.59. The number of piperazine rings is 1. The number of carbonyl (C=O) groups is 1. The molecule has 1 fully saturated rings. The summed E-state index contributed by atoms with van der Waals surface area (Å²) in [5.74, 6) is -0.263. The maximum absolute atomic E-state index is 13.0. The van der Waals surface area contributed by atoms with Crippen molar-refractivity contribution in [2.24, 2.45) is 0 Å². The molecule has 144 valence electrons. The first-order chi connectivity index (χ1) is 13.1. The number of aromatic nitrogens is 1. The lowest BCUT2D eigenvalue weighted by Gasteiger charge is -2.36. The number of nitrogens with one attached hydrogen (secondary N) is 1. The molecule has 0 radical (unpaired) electrons. The largest absolute Gasteiger partial charge is 0.369 e. The van der Waals surface area contributed by atoms with Gasteiger partial charge in [0.1, 0.15) is 5.82 Å². The summed E-state index contributed by atoms with van der Waals surface area (Å²) in [6, 6.07) is 11.6. The van der Waals surface area contributed by atoms with Gasteiger partial charge in [0.15, 0.2) is 0 Å². The molecule has 1 amide bonds. The number of anilines is 1. The van der Waals surface area contributed by atoms with Gasteiger partial charge in [0, 0.05) is 70.2 Å². The number of benzene rings is 1. The first-order valence-corrected chi connectivity index (χ1v) is 9.27. The van der Waals surface area contributed by atoms with Crippen LogP contribution in [0.1, 0.15) is 6.42 Å². The van der Waals surface area contributed by atoms with E-state index < -0.39 is 0 Å². The zero-order chi connectivity index (χ0) is 19.1. The maximum atomic E-state index is 13.0. The zero-order valence-corrected chi connectivity index (χ0v) is 15.3. The van der Waals surface area contributed by atoms with Crippen LogP contribution in [0.4, 0.5) is 10.1 Å². The summed E-state index contributed by atoms with van der Waals surface area (Å²) in [6.45, 7) is 5.38. The number of nitrogens with zero attached hydrogens (tertiary/aromatic N) is 3. The summed E-state index contributed by atoms with van der Waals surface area (Å²) < 4.78 is 14.5. The monoisotopic (exact) mass is 372 g/mol. The molecule has 1 N–H and O–H groups in total. The lowest BCUT2D eigenvalue weighted by atomic mass is 10.2. The molecule has 0 aliphatic carbocycles. The number of amides is 1. The summed E-state index contributed by atoms with van der Waals surface area (Å²) in [4.78, 5) is 28.1. The van der Waals surface area contributed by atoms with E-state index in [2.05, 4.69) is 15.1 Å². The van der Waals surface area contributed by atoms with Crippen molar-refractivity contribution >= 4 is 11.6 Å². The van der Waals surface area contributed by atoms with E-state index in [0.717, 1.165) is 38.4 Å². The molecule has 27 heavy (non-hydrogen) atoms. The number of carbonyl (C=O) groups excluding carboxylic acids is 1. The molecule has 0 bridgehead atoms. The molecule has 3 rings (SSSR count). The van der Waals surface area contributed by atoms with Gasteiger partial charge in [0.05, 0.1) is 0 Å². The fraction of sp³-hybridized carbons (Fsp3) is 0.400. The molecule has 1 aliphatic rings. The second-order valence-corrected chi connectivity index (χ2v) is 6.64.